The number of Topliss-reactive ketones (excluding diaryl/α,β-unsaturated/α-hetero) is 1. The summed E-state index contributed by atoms with van der Waals surface area (Å²) in [6, 6.07) is 19.2. The molecule has 8 aromatic rings. The smallest absolute Gasteiger partial charge is 0.368 e. The van der Waals surface area contributed by atoms with Gasteiger partial charge in [0.1, 0.15) is 12.7 Å². The second kappa shape index (κ2) is 20.7. The third kappa shape index (κ3) is 13.4. The first-order valence-electron chi connectivity index (χ1n) is 19.3. The van der Waals surface area contributed by atoms with Gasteiger partial charge in [-0.25, -0.2) is 9.97 Å². The van der Waals surface area contributed by atoms with E-state index in [2.05, 4.69) is 66.4 Å². The number of hydrogen-bond donors (Lipinski definition) is 5. The molecule has 4 aromatic heterocycles. The van der Waals surface area contributed by atoms with Crippen LogP contribution in [0.5, 0.6) is 0 Å². The van der Waals surface area contributed by atoms with Crippen molar-refractivity contribution < 1.29 is 35.9 Å². The molecule has 0 aliphatic carbocycles. The zero-order valence-electron chi connectivity index (χ0n) is 34.9. The highest BCUT2D eigenvalue weighted by Gasteiger charge is 2.31. The van der Waals surface area contributed by atoms with E-state index in [4.69, 9.17) is 17.2 Å². The minimum absolute atomic E-state index is 0.00868. The lowest BCUT2D eigenvalue weighted by Crippen LogP contribution is -2.13. The van der Waals surface area contributed by atoms with Gasteiger partial charge in [0.15, 0.2) is 5.78 Å². The van der Waals surface area contributed by atoms with Gasteiger partial charge in [0, 0.05) is 58.2 Å². The molecular weight excluding hydrogens is 952 g/mol. The first-order chi connectivity index (χ1) is 31.7. The van der Waals surface area contributed by atoms with Crippen LogP contribution in [-0.2, 0) is 18.8 Å². The number of halogens is 7. The number of rotatable bonds is 9. The highest BCUT2D eigenvalue weighted by Crippen LogP contribution is 2.32. The van der Waals surface area contributed by atoms with Crippen molar-refractivity contribution in [2.24, 2.45) is 0 Å². The third-order valence-corrected chi connectivity index (χ3v) is 9.93. The Labute approximate surface area is 384 Å². The van der Waals surface area contributed by atoms with Crippen LogP contribution < -0.4 is 27.8 Å². The zero-order chi connectivity index (χ0) is 48.5. The number of nitrogens with one attached hydrogen (secondary N) is 2. The molecule has 4 aromatic carbocycles. The number of amides is 1. The molecule has 8 N–H and O–H groups in total. The first-order valence-corrected chi connectivity index (χ1v) is 20.1. The summed E-state index contributed by atoms with van der Waals surface area (Å²) in [6.45, 7) is 3.70. The molecule has 24 heteroatoms. The number of nitrogen functional groups attached to an aromatic ring is 3. The van der Waals surface area contributed by atoms with Gasteiger partial charge in [-0.2, -0.15) is 56.2 Å². The standard InChI is InChI=1S/C22H18F3N7O.C15H11BrF3NO.C6H7N7/c1-13-5-6-15(18(33)10-14-3-2-4-16(9-14)22(23,24)25)11-17(13)28-20-29-19(26)30-21(31-20)32-8-7-27-12-32;1-9-5-6-10(7-13(9)16)14(21)20-12-4-2-3-11(8-12)15(17,18)19;7-4-10-5(8)12-6(11-4)13-2-1-9-3-13/h2-9,11-12H,10H2,1H3,(H3,26,28,29,30,31);2-8H,1H3,(H,20,21);1-3H,(H4,7,8,10,11,12). The third-order valence-electron chi connectivity index (χ3n) is 9.08. The normalized spacial score (nSPS) is 11.1. The maximum atomic E-state index is 13.0. The Morgan fingerprint density at radius 1 is 0.642 bits per heavy atom. The molecule has 0 fully saturated rings. The molecule has 4 heterocycles. The van der Waals surface area contributed by atoms with Crippen molar-refractivity contribution in [1.29, 1.82) is 0 Å². The van der Waals surface area contributed by atoms with Gasteiger partial charge in [-0.1, -0.05) is 58.4 Å². The summed E-state index contributed by atoms with van der Waals surface area (Å²) in [4.78, 5) is 56.4. The Balaban J connectivity index is 0.000000185. The Kier molecular flexibility index (Phi) is 14.9. The van der Waals surface area contributed by atoms with Gasteiger partial charge in [-0.3, -0.25) is 18.7 Å². The number of aryl methyl sites for hydroxylation is 2. The van der Waals surface area contributed by atoms with E-state index in [1.54, 1.807) is 76.6 Å². The number of benzene rings is 4. The summed E-state index contributed by atoms with van der Waals surface area (Å²) in [5.74, 6) is 0.177. The van der Waals surface area contributed by atoms with Gasteiger partial charge < -0.3 is 27.8 Å². The molecule has 0 aliphatic heterocycles. The number of ketones is 1. The molecule has 0 radical (unpaired) electrons. The summed E-state index contributed by atoms with van der Waals surface area (Å²) in [5.41, 5.74) is 18.4. The van der Waals surface area contributed by atoms with Crippen molar-refractivity contribution in [3.8, 4) is 11.9 Å². The zero-order valence-corrected chi connectivity index (χ0v) is 36.5. The number of nitrogens with zero attached hydrogens (tertiary/aromatic N) is 10. The van der Waals surface area contributed by atoms with Crippen LogP contribution in [0.15, 0.2) is 127 Å². The van der Waals surface area contributed by atoms with E-state index in [1.165, 1.54) is 30.6 Å². The molecular formula is C43H36BrF6N15O2. The summed E-state index contributed by atoms with van der Waals surface area (Å²) in [5, 5.41) is 5.48. The highest BCUT2D eigenvalue weighted by atomic mass is 79.9. The van der Waals surface area contributed by atoms with Crippen molar-refractivity contribution in [1.82, 2.24) is 49.0 Å². The van der Waals surface area contributed by atoms with E-state index in [9.17, 15) is 35.9 Å². The summed E-state index contributed by atoms with van der Waals surface area (Å²) in [7, 11) is 0. The number of nitrogens with two attached hydrogens (primary N) is 3. The van der Waals surface area contributed by atoms with E-state index in [-0.39, 0.29) is 53.2 Å². The van der Waals surface area contributed by atoms with Gasteiger partial charge in [0.25, 0.3) is 5.91 Å². The van der Waals surface area contributed by atoms with Gasteiger partial charge >= 0.3 is 12.4 Å². The molecule has 0 unspecified atom stereocenters. The van der Waals surface area contributed by atoms with E-state index >= 15 is 0 Å². The first kappa shape index (κ1) is 48.2. The van der Waals surface area contributed by atoms with Crippen molar-refractivity contribution in [3.05, 3.63) is 166 Å². The largest absolute Gasteiger partial charge is 0.416 e. The fourth-order valence-corrected chi connectivity index (χ4v) is 6.10. The van der Waals surface area contributed by atoms with E-state index in [0.717, 1.165) is 39.9 Å². The maximum absolute atomic E-state index is 13.0. The summed E-state index contributed by atoms with van der Waals surface area (Å²) >= 11 is 3.31. The quantitative estimate of drug-likeness (QED) is 0.0673. The average Bonchev–Trinajstić information content (AvgIpc) is 4.02. The van der Waals surface area contributed by atoms with Crippen molar-refractivity contribution in [2.45, 2.75) is 32.6 Å². The van der Waals surface area contributed by atoms with Crippen molar-refractivity contribution in [2.75, 3.05) is 27.8 Å². The molecule has 0 spiro atoms. The van der Waals surface area contributed by atoms with Crippen LogP contribution in [0.4, 0.5) is 61.5 Å². The molecule has 8 rings (SSSR count). The SMILES string of the molecule is Cc1ccc(C(=O)Cc2cccc(C(F)(F)F)c2)cc1Nc1nc(N)nc(-n2ccnc2)n1.Cc1ccc(C(=O)Nc2cccc(C(F)(F)F)c2)cc1Br.Nc1nc(N)nc(-n2ccnc2)n1. The minimum Gasteiger partial charge on any atom is -0.368 e. The van der Waals surface area contributed by atoms with E-state index < -0.39 is 29.4 Å². The summed E-state index contributed by atoms with van der Waals surface area (Å²) < 4.78 is 80.6. The second-order valence-electron chi connectivity index (χ2n) is 14.1. The van der Waals surface area contributed by atoms with Crippen LogP contribution in [0.2, 0.25) is 0 Å². The number of alkyl halides is 6. The van der Waals surface area contributed by atoms with Crippen LogP contribution in [-0.4, -0.2) is 60.7 Å². The molecule has 67 heavy (non-hydrogen) atoms. The number of carbonyl (C=O) groups is 2. The van der Waals surface area contributed by atoms with Gasteiger partial charge in [0.2, 0.25) is 35.7 Å². The highest BCUT2D eigenvalue weighted by molar-refractivity contribution is 9.10. The topological polar surface area (TPSA) is 249 Å². The Bertz CT molecular complexity index is 2980. The van der Waals surface area contributed by atoms with Crippen molar-refractivity contribution in [3.63, 3.8) is 0 Å². The van der Waals surface area contributed by atoms with Gasteiger partial charge in [-0.05, 0) is 73.0 Å². The van der Waals surface area contributed by atoms with Crippen LogP contribution in [0.25, 0.3) is 11.9 Å². The Hall–Kier alpha value is -8.28. The lowest BCUT2D eigenvalue weighted by atomic mass is 9.99. The van der Waals surface area contributed by atoms with Crippen LogP contribution in [0, 0.1) is 13.8 Å². The lowest BCUT2D eigenvalue weighted by molar-refractivity contribution is -0.138. The molecule has 1 amide bonds. The molecule has 344 valence electrons. The molecule has 17 nitrogen and oxygen atoms in total. The van der Waals surface area contributed by atoms with E-state index in [0.29, 0.717) is 22.8 Å². The lowest BCUT2D eigenvalue weighted by Gasteiger charge is -2.12. The Morgan fingerprint density at radius 2 is 1.19 bits per heavy atom. The fraction of sp³-hybridized carbons (Fsp3) is 0.116. The van der Waals surface area contributed by atoms with Crippen LogP contribution >= 0.6 is 15.9 Å². The van der Waals surface area contributed by atoms with E-state index in [1.807, 2.05) is 13.8 Å². The number of carbonyl (C=O) groups excluding carboxylic acids is 2. The molecule has 0 saturated heterocycles. The number of imidazole rings is 2. The molecule has 0 saturated carbocycles. The predicted octanol–water partition coefficient (Wildman–Crippen LogP) is 8.39. The van der Waals surface area contributed by atoms with Crippen LogP contribution in [0.1, 0.15) is 48.5 Å². The number of hydrogen-bond acceptors (Lipinski definition) is 14. The van der Waals surface area contributed by atoms with Crippen molar-refractivity contribution >= 4 is 62.8 Å². The molecule has 0 aliphatic rings. The predicted molar refractivity (Wildman–Crippen MR) is 239 cm³/mol. The van der Waals surface area contributed by atoms with Crippen LogP contribution in [0.3, 0.4) is 0 Å². The van der Waals surface area contributed by atoms with Gasteiger partial charge in [0.05, 0.1) is 11.1 Å². The fourth-order valence-electron chi connectivity index (χ4n) is 5.73. The minimum atomic E-state index is -4.47. The number of aromatic nitrogens is 10. The molecule has 0 bridgehead atoms. The second-order valence-corrected chi connectivity index (χ2v) is 14.9. The number of anilines is 6. The average molecular weight is 989 g/mol. The maximum Gasteiger partial charge on any atom is 0.416 e. The van der Waals surface area contributed by atoms with Gasteiger partial charge in [-0.15, -0.1) is 0 Å². The Morgan fingerprint density at radius 3 is 1.78 bits per heavy atom. The molecule has 0 atom stereocenters. The summed E-state index contributed by atoms with van der Waals surface area (Å²) in [6.07, 6.45) is 0.495. The monoisotopic (exact) mass is 987 g/mol.